The van der Waals surface area contributed by atoms with Gasteiger partial charge in [0, 0.05) is 15.4 Å². The molecule has 0 fully saturated rings. The summed E-state index contributed by atoms with van der Waals surface area (Å²) in [6.07, 6.45) is 2.28. The van der Waals surface area contributed by atoms with Crippen molar-refractivity contribution in [3.05, 3.63) is 56.2 Å². The summed E-state index contributed by atoms with van der Waals surface area (Å²) in [6.45, 7) is 5.30. The van der Waals surface area contributed by atoms with Crippen molar-refractivity contribution in [1.29, 1.82) is 0 Å². The molecular formula is C16H20BrNS. The predicted octanol–water partition coefficient (Wildman–Crippen LogP) is 5.10. The first kappa shape index (κ1) is 14.8. The van der Waals surface area contributed by atoms with Crippen LogP contribution in [0.25, 0.3) is 0 Å². The third kappa shape index (κ3) is 4.16. The van der Waals surface area contributed by atoms with E-state index in [1.54, 1.807) is 0 Å². The molecule has 0 aliphatic rings. The molecule has 0 bridgehead atoms. The summed E-state index contributed by atoms with van der Waals surface area (Å²) >= 11 is 5.48. The second kappa shape index (κ2) is 7.22. The lowest BCUT2D eigenvalue weighted by Gasteiger charge is -2.19. The Morgan fingerprint density at radius 3 is 2.79 bits per heavy atom. The van der Waals surface area contributed by atoms with E-state index in [4.69, 9.17) is 0 Å². The van der Waals surface area contributed by atoms with Crippen LogP contribution in [0.4, 0.5) is 0 Å². The highest BCUT2D eigenvalue weighted by Gasteiger charge is 2.11. The molecule has 2 aromatic rings. The van der Waals surface area contributed by atoms with Gasteiger partial charge in [0.15, 0.2) is 0 Å². The van der Waals surface area contributed by atoms with Crippen LogP contribution in [-0.2, 0) is 6.42 Å². The smallest absolute Gasteiger partial charge is 0.0323 e. The van der Waals surface area contributed by atoms with Crippen LogP contribution in [0.15, 0.2) is 40.2 Å². The Hall–Kier alpha value is -0.640. The molecule has 0 radical (unpaired) electrons. The maximum absolute atomic E-state index is 3.63. The average molecular weight is 338 g/mol. The second-order valence-electron chi connectivity index (χ2n) is 4.74. The maximum atomic E-state index is 3.63. The third-order valence-corrected chi connectivity index (χ3v) is 5.10. The minimum atomic E-state index is 0.434. The van der Waals surface area contributed by atoms with Crippen LogP contribution in [0, 0.1) is 6.92 Å². The van der Waals surface area contributed by atoms with Crippen molar-refractivity contribution in [2.45, 2.75) is 32.7 Å². The Kier molecular flexibility index (Phi) is 5.61. The summed E-state index contributed by atoms with van der Waals surface area (Å²) in [5.41, 5.74) is 2.66. The molecule has 0 saturated heterocycles. The number of halogens is 1. The number of hydrogen-bond donors (Lipinski definition) is 1. The standard InChI is InChI=1S/C16H20BrNS/c1-3-18-16(9-8-14-5-4-10-19-14)13-7-6-12(2)15(17)11-13/h4-7,10-11,16,18H,3,8-9H2,1-2H3. The molecule has 1 nitrogen and oxygen atoms in total. The molecule has 1 N–H and O–H groups in total. The van der Waals surface area contributed by atoms with Gasteiger partial charge in [0.2, 0.25) is 0 Å². The summed E-state index contributed by atoms with van der Waals surface area (Å²) < 4.78 is 1.20. The molecule has 0 amide bonds. The van der Waals surface area contributed by atoms with E-state index in [9.17, 15) is 0 Å². The van der Waals surface area contributed by atoms with Crippen molar-refractivity contribution >= 4 is 27.3 Å². The zero-order valence-electron chi connectivity index (χ0n) is 11.4. The molecule has 0 saturated carbocycles. The van der Waals surface area contributed by atoms with Gasteiger partial charge >= 0.3 is 0 Å². The number of aryl methyl sites for hydroxylation is 2. The highest BCUT2D eigenvalue weighted by molar-refractivity contribution is 9.10. The van der Waals surface area contributed by atoms with Gasteiger partial charge in [0.05, 0.1) is 0 Å². The van der Waals surface area contributed by atoms with Gasteiger partial charge in [-0.05, 0) is 54.9 Å². The molecule has 0 aliphatic heterocycles. The SMILES string of the molecule is CCNC(CCc1cccs1)c1ccc(C)c(Br)c1. The molecule has 1 atom stereocenters. The van der Waals surface area contributed by atoms with Crippen LogP contribution in [0.2, 0.25) is 0 Å². The summed E-state index contributed by atoms with van der Waals surface area (Å²) in [4.78, 5) is 1.47. The third-order valence-electron chi connectivity index (χ3n) is 3.31. The highest BCUT2D eigenvalue weighted by atomic mass is 79.9. The first-order chi connectivity index (χ1) is 9.20. The van der Waals surface area contributed by atoms with Crippen molar-refractivity contribution in [1.82, 2.24) is 5.32 Å². The molecular weight excluding hydrogens is 318 g/mol. The van der Waals surface area contributed by atoms with E-state index in [0.717, 1.165) is 19.4 Å². The van der Waals surface area contributed by atoms with Crippen molar-refractivity contribution in [2.24, 2.45) is 0 Å². The molecule has 1 aromatic carbocycles. The van der Waals surface area contributed by atoms with E-state index in [2.05, 4.69) is 70.8 Å². The van der Waals surface area contributed by atoms with Crippen molar-refractivity contribution < 1.29 is 0 Å². The predicted molar refractivity (Wildman–Crippen MR) is 87.9 cm³/mol. The van der Waals surface area contributed by atoms with Crippen molar-refractivity contribution in [2.75, 3.05) is 6.54 Å². The number of hydrogen-bond acceptors (Lipinski definition) is 2. The summed E-state index contributed by atoms with van der Waals surface area (Å²) in [6, 6.07) is 11.5. The topological polar surface area (TPSA) is 12.0 Å². The number of benzene rings is 1. The zero-order valence-corrected chi connectivity index (χ0v) is 13.9. The summed E-state index contributed by atoms with van der Waals surface area (Å²) in [5.74, 6) is 0. The second-order valence-corrected chi connectivity index (χ2v) is 6.62. The summed E-state index contributed by atoms with van der Waals surface area (Å²) in [7, 11) is 0. The molecule has 19 heavy (non-hydrogen) atoms. The Bertz CT molecular complexity index is 507. The van der Waals surface area contributed by atoms with Crippen LogP contribution < -0.4 is 5.32 Å². The van der Waals surface area contributed by atoms with Gasteiger partial charge in [-0.3, -0.25) is 0 Å². The first-order valence-electron chi connectivity index (χ1n) is 6.72. The fourth-order valence-corrected chi connectivity index (χ4v) is 3.32. The lowest BCUT2D eigenvalue weighted by Crippen LogP contribution is -2.21. The van der Waals surface area contributed by atoms with Gasteiger partial charge in [0.1, 0.15) is 0 Å². The van der Waals surface area contributed by atoms with E-state index in [-0.39, 0.29) is 0 Å². The maximum Gasteiger partial charge on any atom is 0.0323 e. The Balaban J connectivity index is 2.07. The first-order valence-corrected chi connectivity index (χ1v) is 8.39. The minimum absolute atomic E-state index is 0.434. The van der Waals surface area contributed by atoms with Gasteiger partial charge < -0.3 is 5.32 Å². The largest absolute Gasteiger partial charge is 0.310 e. The fraction of sp³-hybridized carbons (Fsp3) is 0.375. The lowest BCUT2D eigenvalue weighted by molar-refractivity contribution is 0.517. The van der Waals surface area contributed by atoms with Crippen LogP contribution in [0.3, 0.4) is 0 Å². The molecule has 2 rings (SSSR count). The van der Waals surface area contributed by atoms with Gasteiger partial charge in [0.25, 0.3) is 0 Å². The van der Waals surface area contributed by atoms with Gasteiger partial charge in [-0.15, -0.1) is 11.3 Å². The molecule has 1 heterocycles. The van der Waals surface area contributed by atoms with Crippen molar-refractivity contribution in [3.8, 4) is 0 Å². The zero-order chi connectivity index (χ0) is 13.7. The minimum Gasteiger partial charge on any atom is -0.310 e. The Labute approximate surface area is 128 Å². The molecule has 0 spiro atoms. The van der Waals surface area contributed by atoms with Gasteiger partial charge in [-0.25, -0.2) is 0 Å². The van der Waals surface area contributed by atoms with Crippen LogP contribution in [-0.4, -0.2) is 6.54 Å². The quantitative estimate of drug-likeness (QED) is 0.772. The Morgan fingerprint density at radius 1 is 1.32 bits per heavy atom. The average Bonchev–Trinajstić information content (AvgIpc) is 2.91. The Morgan fingerprint density at radius 2 is 2.16 bits per heavy atom. The lowest BCUT2D eigenvalue weighted by atomic mass is 10.0. The van der Waals surface area contributed by atoms with E-state index in [1.165, 1.54) is 20.5 Å². The molecule has 102 valence electrons. The van der Waals surface area contributed by atoms with Crippen LogP contribution >= 0.6 is 27.3 Å². The van der Waals surface area contributed by atoms with E-state index in [0.29, 0.717) is 6.04 Å². The number of nitrogens with one attached hydrogen (secondary N) is 1. The number of rotatable bonds is 6. The van der Waals surface area contributed by atoms with Crippen LogP contribution in [0.5, 0.6) is 0 Å². The summed E-state index contributed by atoms with van der Waals surface area (Å²) in [5, 5.41) is 5.74. The highest BCUT2D eigenvalue weighted by Crippen LogP contribution is 2.25. The van der Waals surface area contributed by atoms with Gasteiger partial charge in [-0.2, -0.15) is 0 Å². The monoisotopic (exact) mass is 337 g/mol. The van der Waals surface area contributed by atoms with E-state index < -0.39 is 0 Å². The van der Waals surface area contributed by atoms with E-state index >= 15 is 0 Å². The molecule has 1 unspecified atom stereocenters. The fourth-order valence-electron chi connectivity index (χ4n) is 2.20. The van der Waals surface area contributed by atoms with E-state index in [1.807, 2.05) is 11.3 Å². The number of thiophene rings is 1. The van der Waals surface area contributed by atoms with Crippen molar-refractivity contribution in [3.63, 3.8) is 0 Å². The van der Waals surface area contributed by atoms with Crippen LogP contribution in [0.1, 0.15) is 35.4 Å². The van der Waals surface area contributed by atoms with Gasteiger partial charge in [-0.1, -0.05) is 41.1 Å². The molecule has 3 heteroatoms. The normalized spacial score (nSPS) is 12.6. The molecule has 1 aromatic heterocycles. The molecule has 0 aliphatic carbocycles.